The Kier molecular flexibility index (Phi) is 61.0. The first-order valence-electron chi connectivity index (χ1n) is 33.8. The highest BCUT2D eigenvalue weighted by atomic mass is 19.3. The fourth-order valence-corrected chi connectivity index (χ4v) is 7.58. The van der Waals surface area contributed by atoms with Crippen LogP contribution < -0.4 is 0 Å². The van der Waals surface area contributed by atoms with Gasteiger partial charge in [0.05, 0.1) is 180 Å². The van der Waals surface area contributed by atoms with Crippen molar-refractivity contribution in [1.29, 1.82) is 0 Å². The Morgan fingerprint density at radius 2 is 0.418 bits per heavy atom. The minimum atomic E-state index is -4.17. The van der Waals surface area contributed by atoms with Crippen LogP contribution in [0.15, 0.2) is 101 Å². The number of alkyl halides is 4. The van der Waals surface area contributed by atoms with Gasteiger partial charge in [0.25, 0.3) is 0 Å². The van der Waals surface area contributed by atoms with Crippen LogP contribution in [-0.4, -0.2) is 348 Å². The molecule has 40 heteroatoms. The fraction of sp³-hybridized carbons (Fsp3) is 0.657. The molecule has 110 heavy (non-hydrogen) atoms. The maximum atomic E-state index is 14.9. The topological polar surface area (TPSA) is 483 Å². The summed E-state index contributed by atoms with van der Waals surface area (Å²) in [6.07, 6.45) is -15.2. The molecule has 0 aromatic rings. The van der Waals surface area contributed by atoms with Crippen molar-refractivity contribution < 1.29 is 192 Å². The molecule has 0 aliphatic carbocycles. The summed E-state index contributed by atoms with van der Waals surface area (Å²) in [5.41, 5.74) is -3.00. The van der Waals surface area contributed by atoms with Crippen molar-refractivity contribution in [1.82, 2.24) is 0 Å². The number of carbonyl (C=O) groups excluding carboxylic acids is 8. The number of halogens is 4. The zero-order valence-corrected chi connectivity index (χ0v) is 61.5. The monoisotopic (exact) mass is 1600 g/mol. The molecule has 0 spiro atoms. The molecule has 0 heterocycles. The van der Waals surface area contributed by atoms with Crippen molar-refractivity contribution in [3.05, 3.63) is 101 Å². The highest BCUT2D eigenvalue weighted by molar-refractivity contribution is 5.83. The summed E-state index contributed by atoms with van der Waals surface area (Å²) >= 11 is 0. The van der Waals surface area contributed by atoms with Crippen molar-refractivity contribution in [3.63, 3.8) is 0 Å². The fourth-order valence-electron chi connectivity index (χ4n) is 7.58. The van der Waals surface area contributed by atoms with E-state index in [1.165, 1.54) is 0 Å². The molecule has 8 atom stereocenters. The summed E-state index contributed by atoms with van der Waals surface area (Å²) in [5, 5.41) is 79.9. The van der Waals surface area contributed by atoms with Gasteiger partial charge in [-0.05, 0) is 12.8 Å². The van der Waals surface area contributed by atoms with Gasteiger partial charge >= 0.3 is 60.0 Å². The number of aliphatic hydroxyl groups excluding tert-OH is 8. The average Bonchev–Trinajstić information content (AvgIpc) is 0.841. The highest BCUT2D eigenvalue weighted by Crippen LogP contribution is 2.32. The molecular formula is C70H108F4O36. The van der Waals surface area contributed by atoms with Crippen LogP contribution in [0, 0.1) is 10.8 Å². The van der Waals surface area contributed by atoms with E-state index in [1.807, 2.05) is 0 Å². The molecule has 0 aromatic carbocycles. The smallest absolute Gasteiger partial charge is 0.358 e. The number of rotatable bonds is 72. The molecule has 0 rings (SSSR count). The Balaban J connectivity index is 0. The molecule has 0 saturated heterocycles. The van der Waals surface area contributed by atoms with Crippen molar-refractivity contribution >= 4 is 47.8 Å². The van der Waals surface area contributed by atoms with Crippen LogP contribution in [-0.2, 0) is 133 Å². The van der Waals surface area contributed by atoms with Crippen LogP contribution in [0.2, 0.25) is 0 Å². The lowest BCUT2D eigenvalue weighted by molar-refractivity contribution is -0.298. The standard InChI is InChI=1S/C37H60O20.C33H48F4O16/c1-5-33(42)54-21-29(38)17-46-9-13-50-25-37(26-51-14-10-47-18-30(39)22-55-34(43)6-2,27-52-15-11-48-19-31(40)23-56-35(44)7-3)28-53-16-12-49-20-32(41)24-57-36(45)8-4;1-5-27(42)48-15-23(38)9-11-46-19-31(20-47-12-10-24(39)16-49-28(43)6-2,21-52-32(34,35)13-25(40)17-50-29(44)7-3)22-53-33(36,37)14-26(41)18-51-30(45)8-4/h5-8,29-32,38-41H,1-4,9-28H2;5-8,23-26,38-41H,1-4,9-22H2. The first-order chi connectivity index (χ1) is 52.2. The van der Waals surface area contributed by atoms with E-state index in [2.05, 4.69) is 62.1 Å². The Morgan fingerprint density at radius 1 is 0.245 bits per heavy atom. The number of hydrogen-bond donors (Lipinski definition) is 8. The Labute approximate surface area is 634 Å². The molecule has 8 unspecified atom stereocenters. The minimum absolute atomic E-state index is 0.0204. The number of ether oxygens (including phenoxy) is 20. The van der Waals surface area contributed by atoms with Gasteiger partial charge in [0.2, 0.25) is 0 Å². The molecule has 0 amide bonds. The van der Waals surface area contributed by atoms with Gasteiger partial charge < -0.3 is 136 Å². The molecular weight excluding hydrogens is 1490 g/mol. The molecule has 0 bridgehead atoms. The quantitative estimate of drug-likeness (QED) is 0.0126. The second-order valence-corrected chi connectivity index (χ2v) is 23.4. The van der Waals surface area contributed by atoms with E-state index in [0.29, 0.717) is 0 Å². The lowest BCUT2D eigenvalue weighted by atomic mass is 9.92. The Hall–Kier alpha value is -7.40. The molecule has 0 fully saturated rings. The molecule has 0 saturated carbocycles. The second-order valence-electron chi connectivity index (χ2n) is 23.4. The Morgan fingerprint density at radius 3 is 0.627 bits per heavy atom. The highest BCUT2D eigenvalue weighted by Gasteiger charge is 2.44. The van der Waals surface area contributed by atoms with Crippen molar-refractivity contribution in [3.8, 4) is 0 Å². The van der Waals surface area contributed by atoms with Gasteiger partial charge in [-0.1, -0.05) is 52.6 Å². The van der Waals surface area contributed by atoms with Gasteiger partial charge in [-0.2, -0.15) is 17.6 Å². The number of carbonyl (C=O) groups is 8. The maximum absolute atomic E-state index is 14.9. The van der Waals surface area contributed by atoms with E-state index in [4.69, 9.17) is 85.3 Å². The summed E-state index contributed by atoms with van der Waals surface area (Å²) in [4.78, 5) is 89.8. The van der Waals surface area contributed by atoms with E-state index in [1.54, 1.807) is 0 Å². The molecule has 0 aliphatic heterocycles. The van der Waals surface area contributed by atoms with Crippen LogP contribution in [0.3, 0.4) is 0 Å². The first kappa shape index (κ1) is 105. The van der Waals surface area contributed by atoms with E-state index in [0.717, 1.165) is 48.6 Å². The van der Waals surface area contributed by atoms with E-state index in [-0.39, 0.29) is 158 Å². The van der Waals surface area contributed by atoms with Crippen molar-refractivity contribution in [2.45, 2.75) is 86.7 Å². The SMILES string of the molecule is C=CC(=O)OCC(O)CCOCC(COCCC(O)COC(=O)C=C)(COC(F)(F)CC(O)COC(=O)C=C)COC(F)(F)CC(O)COC(=O)C=C.C=CC(=O)OCC(O)COCCOCC(COCCOCC(O)COC(=O)C=C)(COCCOCC(O)COC(=O)C=C)COCCOCC(O)COC(=O)C=C. The normalized spacial score (nSPS) is 14.7. The summed E-state index contributed by atoms with van der Waals surface area (Å²) in [6.45, 7) is 17.7. The van der Waals surface area contributed by atoms with Crippen molar-refractivity contribution in [2.75, 3.05) is 198 Å². The van der Waals surface area contributed by atoms with Crippen LogP contribution in [0.1, 0.15) is 25.7 Å². The first-order valence-corrected chi connectivity index (χ1v) is 33.8. The van der Waals surface area contributed by atoms with Crippen molar-refractivity contribution in [2.24, 2.45) is 10.8 Å². The summed E-state index contributed by atoms with van der Waals surface area (Å²) in [5.74, 6) is -6.37. The summed E-state index contributed by atoms with van der Waals surface area (Å²) in [7, 11) is 0. The van der Waals surface area contributed by atoms with Gasteiger partial charge in [0, 0.05) is 61.8 Å². The van der Waals surface area contributed by atoms with Crippen LogP contribution in [0.4, 0.5) is 17.6 Å². The minimum Gasteiger partial charge on any atom is -0.460 e. The molecule has 0 radical (unpaired) electrons. The molecule has 0 aliphatic rings. The van der Waals surface area contributed by atoms with Gasteiger partial charge in [0.15, 0.2) is 0 Å². The lowest BCUT2D eigenvalue weighted by Crippen LogP contribution is -2.46. The third-order valence-electron chi connectivity index (χ3n) is 13.2. The molecule has 0 aromatic heterocycles. The van der Waals surface area contributed by atoms with Gasteiger partial charge in [-0.3, -0.25) is 0 Å². The average molecular weight is 1600 g/mol. The summed E-state index contributed by atoms with van der Waals surface area (Å²) in [6, 6.07) is 0. The van der Waals surface area contributed by atoms with Crippen LogP contribution in [0.25, 0.3) is 0 Å². The van der Waals surface area contributed by atoms with Gasteiger partial charge in [-0.15, -0.1) is 0 Å². The van der Waals surface area contributed by atoms with E-state index < -0.39 is 185 Å². The number of aliphatic hydroxyl groups is 8. The maximum Gasteiger partial charge on any atom is 0.358 e. The van der Waals surface area contributed by atoms with Crippen LogP contribution >= 0.6 is 0 Å². The molecule has 36 nitrogen and oxygen atoms in total. The predicted molar refractivity (Wildman–Crippen MR) is 371 cm³/mol. The van der Waals surface area contributed by atoms with Gasteiger partial charge in [-0.25, -0.2) is 38.4 Å². The largest absolute Gasteiger partial charge is 0.460 e. The zero-order valence-electron chi connectivity index (χ0n) is 61.5. The lowest BCUT2D eigenvalue weighted by Gasteiger charge is -2.36. The molecule has 8 N–H and O–H groups in total. The summed E-state index contributed by atoms with van der Waals surface area (Å²) < 4.78 is 163. The third kappa shape index (κ3) is 60.3. The Bertz CT molecular complexity index is 2390. The van der Waals surface area contributed by atoms with Crippen LogP contribution in [0.5, 0.6) is 0 Å². The zero-order chi connectivity index (χ0) is 83.1. The van der Waals surface area contributed by atoms with E-state index >= 15 is 0 Å². The third-order valence-corrected chi connectivity index (χ3v) is 13.2. The second kappa shape index (κ2) is 64.2. The molecule has 632 valence electrons. The predicted octanol–water partition coefficient (Wildman–Crippen LogP) is -0.388. The van der Waals surface area contributed by atoms with Gasteiger partial charge in [0.1, 0.15) is 77.3 Å². The number of esters is 8. The van der Waals surface area contributed by atoms with E-state index in [9.17, 15) is 96.8 Å². The number of hydrogen-bond acceptors (Lipinski definition) is 36.